The molecule has 2 aromatic rings. The van der Waals surface area contributed by atoms with Crippen molar-refractivity contribution in [3.63, 3.8) is 0 Å². The van der Waals surface area contributed by atoms with Crippen LogP contribution in [0.25, 0.3) is 0 Å². The highest BCUT2D eigenvalue weighted by atomic mass is 19.1. The molecule has 1 atom stereocenters. The van der Waals surface area contributed by atoms with Gasteiger partial charge in [-0.1, -0.05) is 12.1 Å². The second-order valence-corrected chi connectivity index (χ2v) is 4.90. The van der Waals surface area contributed by atoms with E-state index in [2.05, 4.69) is 10.6 Å². The summed E-state index contributed by atoms with van der Waals surface area (Å²) < 4.78 is 24.0. The number of carbonyl (C=O) groups excluding carboxylic acids is 1. The Bertz CT molecular complexity index is 691. The van der Waals surface area contributed by atoms with Gasteiger partial charge < -0.3 is 20.1 Å². The number of hydrogen-bond donors (Lipinski definition) is 2. The summed E-state index contributed by atoms with van der Waals surface area (Å²) in [5, 5.41) is 5.59. The van der Waals surface area contributed by atoms with Crippen LogP contribution in [0.2, 0.25) is 0 Å². The lowest BCUT2D eigenvalue weighted by Crippen LogP contribution is -2.32. The molecule has 0 aromatic heterocycles. The third kappa shape index (κ3) is 4.12. The molecule has 6 heteroatoms. The monoisotopic (exact) mass is 318 g/mol. The first-order valence-corrected chi connectivity index (χ1v) is 7.09. The first-order valence-electron chi connectivity index (χ1n) is 7.09. The Hall–Kier alpha value is -2.76. The molecule has 0 aliphatic heterocycles. The van der Waals surface area contributed by atoms with Crippen molar-refractivity contribution in [1.29, 1.82) is 0 Å². The van der Waals surface area contributed by atoms with E-state index in [0.29, 0.717) is 17.2 Å². The Morgan fingerprint density at radius 1 is 1.09 bits per heavy atom. The number of rotatable bonds is 6. The number of hydrogen-bond acceptors (Lipinski definition) is 4. The second kappa shape index (κ2) is 7.49. The highest BCUT2D eigenvalue weighted by Gasteiger charge is 2.16. The van der Waals surface area contributed by atoms with Crippen molar-refractivity contribution >= 4 is 17.3 Å². The molecular weight excluding hydrogens is 299 g/mol. The van der Waals surface area contributed by atoms with E-state index < -0.39 is 11.9 Å². The molecule has 1 unspecified atom stereocenters. The summed E-state index contributed by atoms with van der Waals surface area (Å²) in [6.07, 6.45) is 0. The second-order valence-electron chi connectivity index (χ2n) is 4.90. The number of carbonyl (C=O) groups is 1. The van der Waals surface area contributed by atoms with Gasteiger partial charge >= 0.3 is 0 Å². The molecule has 0 aliphatic rings. The number of benzene rings is 2. The predicted octanol–water partition coefficient (Wildman–Crippen LogP) is 3.28. The van der Waals surface area contributed by atoms with E-state index in [1.165, 1.54) is 19.2 Å². The molecule has 2 aromatic carbocycles. The van der Waals surface area contributed by atoms with Crippen LogP contribution < -0.4 is 20.1 Å². The molecule has 0 heterocycles. The van der Waals surface area contributed by atoms with Gasteiger partial charge in [0.1, 0.15) is 23.4 Å². The van der Waals surface area contributed by atoms with E-state index in [0.717, 1.165) is 0 Å². The minimum atomic E-state index is -0.586. The molecular formula is C17H19FN2O3. The lowest BCUT2D eigenvalue weighted by molar-refractivity contribution is -0.116. The number of nitrogens with one attached hydrogen (secondary N) is 2. The van der Waals surface area contributed by atoms with E-state index in [1.807, 2.05) is 0 Å². The van der Waals surface area contributed by atoms with Crippen LogP contribution in [-0.4, -0.2) is 26.2 Å². The highest BCUT2D eigenvalue weighted by Crippen LogP contribution is 2.29. The lowest BCUT2D eigenvalue weighted by Gasteiger charge is -2.18. The summed E-state index contributed by atoms with van der Waals surface area (Å²) in [6, 6.07) is 10.7. The van der Waals surface area contributed by atoms with Crippen LogP contribution in [0.5, 0.6) is 11.5 Å². The molecule has 23 heavy (non-hydrogen) atoms. The smallest absolute Gasteiger partial charge is 0.246 e. The van der Waals surface area contributed by atoms with Gasteiger partial charge in [-0.2, -0.15) is 0 Å². The molecule has 0 aliphatic carbocycles. The summed E-state index contributed by atoms with van der Waals surface area (Å²) >= 11 is 0. The number of amides is 1. The van der Waals surface area contributed by atoms with Crippen molar-refractivity contribution in [1.82, 2.24) is 0 Å². The molecule has 0 radical (unpaired) electrons. The topological polar surface area (TPSA) is 59.6 Å². The van der Waals surface area contributed by atoms with Crippen LogP contribution >= 0.6 is 0 Å². The zero-order valence-electron chi connectivity index (χ0n) is 13.2. The maximum atomic E-state index is 13.6. The fourth-order valence-corrected chi connectivity index (χ4v) is 2.02. The third-order valence-electron chi connectivity index (χ3n) is 3.31. The fourth-order valence-electron chi connectivity index (χ4n) is 2.02. The van der Waals surface area contributed by atoms with E-state index >= 15 is 0 Å². The normalized spacial score (nSPS) is 11.5. The Morgan fingerprint density at radius 3 is 2.48 bits per heavy atom. The molecule has 0 bridgehead atoms. The van der Waals surface area contributed by atoms with Gasteiger partial charge in [0.15, 0.2) is 0 Å². The average molecular weight is 318 g/mol. The van der Waals surface area contributed by atoms with Crippen molar-refractivity contribution < 1.29 is 18.7 Å². The van der Waals surface area contributed by atoms with Gasteiger partial charge in [0.05, 0.1) is 25.6 Å². The SMILES string of the molecule is COc1ccc(NC(C)C(=O)Nc2ccccc2F)c(OC)c1. The molecule has 5 nitrogen and oxygen atoms in total. The van der Waals surface area contributed by atoms with E-state index in [-0.39, 0.29) is 11.6 Å². The van der Waals surface area contributed by atoms with Gasteiger partial charge in [-0.15, -0.1) is 0 Å². The van der Waals surface area contributed by atoms with Crippen LogP contribution in [0.15, 0.2) is 42.5 Å². The van der Waals surface area contributed by atoms with Gasteiger partial charge in [0.2, 0.25) is 5.91 Å². The Labute approximate surface area is 134 Å². The molecule has 122 valence electrons. The molecule has 2 rings (SSSR count). The zero-order valence-corrected chi connectivity index (χ0v) is 13.2. The van der Waals surface area contributed by atoms with Crippen molar-refractivity contribution in [2.24, 2.45) is 0 Å². The summed E-state index contributed by atoms with van der Waals surface area (Å²) in [5.41, 5.74) is 0.789. The van der Waals surface area contributed by atoms with E-state index in [4.69, 9.17) is 9.47 Å². The number of ether oxygens (including phenoxy) is 2. The fraction of sp³-hybridized carbons (Fsp3) is 0.235. The van der Waals surface area contributed by atoms with Crippen LogP contribution in [0.4, 0.5) is 15.8 Å². The highest BCUT2D eigenvalue weighted by molar-refractivity contribution is 5.96. The van der Waals surface area contributed by atoms with Crippen LogP contribution in [0.3, 0.4) is 0 Å². The molecule has 2 N–H and O–H groups in total. The number of halogens is 1. The van der Waals surface area contributed by atoms with Crippen molar-refractivity contribution in [3.05, 3.63) is 48.3 Å². The summed E-state index contributed by atoms with van der Waals surface area (Å²) in [5.74, 6) is 0.369. The molecule has 0 fully saturated rings. The first kappa shape index (κ1) is 16.6. The van der Waals surface area contributed by atoms with Gasteiger partial charge in [-0.3, -0.25) is 4.79 Å². The zero-order chi connectivity index (χ0) is 16.8. The Balaban J connectivity index is 2.08. The largest absolute Gasteiger partial charge is 0.497 e. The Morgan fingerprint density at radius 2 is 1.83 bits per heavy atom. The Kier molecular flexibility index (Phi) is 5.41. The molecule has 0 saturated heterocycles. The average Bonchev–Trinajstić information content (AvgIpc) is 2.57. The summed E-state index contributed by atoms with van der Waals surface area (Å²) in [6.45, 7) is 1.68. The number of para-hydroxylation sites is 1. The maximum absolute atomic E-state index is 13.6. The summed E-state index contributed by atoms with van der Waals surface area (Å²) in [7, 11) is 3.09. The minimum absolute atomic E-state index is 0.146. The van der Waals surface area contributed by atoms with Crippen LogP contribution in [-0.2, 0) is 4.79 Å². The van der Waals surface area contributed by atoms with Crippen molar-refractivity contribution in [3.8, 4) is 11.5 Å². The van der Waals surface area contributed by atoms with Crippen molar-refractivity contribution in [2.75, 3.05) is 24.9 Å². The summed E-state index contributed by atoms with van der Waals surface area (Å²) in [4.78, 5) is 12.2. The quantitative estimate of drug-likeness (QED) is 0.858. The van der Waals surface area contributed by atoms with Gasteiger partial charge in [-0.05, 0) is 31.2 Å². The predicted molar refractivity (Wildman–Crippen MR) is 87.7 cm³/mol. The standard InChI is InChI=1S/C17H19FN2O3/c1-11(17(21)20-14-7-5-4-6-13(14)18)19-15-9-8-12(22-2)10-16(15)23-3/h4-11,19H,1-3H3,(H,20,21). The van der Waals surface area contributed by atoms with Crippen LogP contribution in [0.1, 0.15) is 6.92 Å². The lowest BCUT2D eigenvalue weighted by atomic mass is 10.2. The molecule has 0 saturated carbocycles. The van der Waals surface area contributed by atoms with Crippen LogP contribution in [0, 0.1) is 5.82 Å². The number of methoxy groups -OCH3 is 2. The molecule has 1 amide bonds. The number of anilines is 2. The van der Waals surface area contributed by atoms with Gasteiger partial charge in [0, 0.05) is 6.07 Å². The molecule has 0 spiro atoms. The maximum Gasteiger partial charge on any atom is 0.246 e. The van der Waals surface area contributed by atoms with Gasteiger partial charge in [0.25, 0.3) is 0 Å². The third-order valence-corrected chi connectivity index (χ3v) is 3.31. The first-order chi connectivity index (χ1) is 11.0. The van der Waals surface area contributed by atoms with E-state index in [9.17, 15) is 9.18 Å². The van der Waals surface area contributed by atoms with E-state index in [1.54, 1.807) is 44.4 Å². The van der Waals surface area contributed by atoms with Gasteiger partial charge in [-0.25, -0.2) is 4.39 Å². The minimum Gasteiger partial charge on any atom is -0.497 e. The van der Waals surface area contributed by atoms with Crippen molar-refractivity contribution in [2.45, 2.75) is 13.0 Å².